The van der Waals surface area contributed by atoms with Crippen molar-refractivity contribution in [2.45, 2.75) is 38.0 Å². The summed E-state index contributed by atoms with van der Waals surface area (Å²) >= 11 is 0. The Hall–Kier alpha value is -1.13. The zero-order chi connectivity index (χ0) is 11.3. The first-order valence-electron chi connectivity index (χ1n) is 4.92. The monoisotopic (exact) mass is 216 g/mol. The van der Waals surface area contributed by atoms with Gasteiger partial charge in [-0.2, -0.15) is 0 Å². The van der Waals surface area contributed by atoms with Crippen molar-refractivity contribution in [1.82, 2.24) is 5.16 Å². The summed E-state index contributed by atoms with van der Waals surface area (Å²) in [7, 11) is 0. The topological polar surface area (TPSA) is 52.0 Å². The summed E-state index contributed by atoms with van der Waals surface area (Å²) in [5, 5.41) is 3.79. The van der Waals surface area contributed by atoms with Crippen LogP contribution in [0.4, 0.5) is 14.7 Å². The molecule has 1 aliphatic carbocycles. The van der Waals surface area contributed by atoms with Crippen LogP contribution < -0.4 is 5.73 Å². The molecule has 1 aromatic heterocycles. The van der Waals surface area contributed by atoms with Crippen LogP contribution in [0.5, 0.6) is 0 Å². The molecule has 84 valence electrons. The van der Waals surface area contributed by atoms with E-state index in [-0.39, 0.29) is 24.6 Å². The van der Waals surface area contributed by atoms with E-state index in [9.17, 15) is 8.78 Å². The quantitative estimate of drug-likeness (QED) is 0.826. The fraction of sp³-hybridized carbons (Fsp3) is 0.700. The average Bonchev–Trinajstić information content (AvgIpc) is 2.48. The van der Waals surface area contributed by atoms with E-state index in [0.29, 0.717) is 5.69 Å². The van der Waals surface area contributed by atoms with E-state index in [0.717, 1.165) is 0 Å². The van der Waals surface area contributed by atoms with Gasteiger partial charge in [0.2, 0.25) is 11.8 Å². The van der Waals surface area contributed by atoms with Gasteiger partial charge in [0.15, 0.2) is 0 Å². The Labute approximate surface area is 86.6 Å². The molecule has 5 heteroatoms. The third-order valence-electron chi connectivity index (χ3n) is 3.30. The number of alkyl halides is 2. The van der Waals surface area contributed by atoms with E-state index in [4.69, 9.17) is 10.3 Å². The molecule has 0 atom stereocenters. The first-order chi connectivity index (χ1) is 6.81. The standard InChI is InChI=1S/C10H14F2N2O/c1-9(2,6-4-10(11,12)5-6)7-3-8(13)15-14-7/h3,6H,4-5,13H2,1-2H3. The number of anilines is 1. The molecule has 0 spiro atoms. The van der Waals surface area contributed by atoms with E-state index < -0.39 is 11.3 Å². The summed E-state index contributed by atoms with van der Waals surface area (Å²) in [6.07, 6.45) is -0.153. The molecule has 2 N–H and O–H groups in total. The third-order valence-corrected chi connectivity index (χ3v) is 3.30. The SMILES string of the molecule is CC(C)(c1cc(N)on1)C1CC(F)(F)C1. The second-order valence-electron chi connectivity index (χ2n) is 4.80. The fourth-order valence-electron chi connectivity index (χ4n) is 1.97. The van der Waals surface area contributed by atoms with Gasteiger partial charge in [-0.25, -0.2) is 8.78 Å². The number of aromatic nitrogens is 1. The molecule has 0 radical (unpaired) electrons. The molecule has 1 aliphatic rings. The highest BCUT2D eigenvalue weighted by molar-refractivity contribution is 5.29. The molecule has 0 bridgehead atoms. The maximum Gasteiger partial charge on any atom is 0.248 e. The predicted octanol–water partition coefficient (Wildman–Crippen LogP) is 2.58. The number of nitrogens with two attached hydrogens (primary N) is 1. The van der Waals surface area contributed by atoms with Gasteiger partial charge in [-0.3, -0.25) is 0 Å². The van der Waals surface area contributed by atoms with Crippen molar-refractivity contribution in [1.29, 1.82) is 0 Å². The zero-order valence-corrected chi connectivity index (χ0v) is 8.76. The maximum atomic E-state index is 12.8. The van der Waals surface area contributed by atoms with Gasteiger partial charge in [-0.15, -0.1) is 0 Å². The molecule has 0 aliphatic heterocycles. The molecule has 0 saturated heterocycles. The number of hydrogen-bond acceptors (Lipinski definition) is 3. The second-order valence-corrected chi connectivity index (χ2v) is 4.80. The van der Waals surface area contributed by atoms with Crippen LogP contribution in [0.3, 0.4) is 0 Å². The highest BCUT2D eigenvalue weighted by atomic mass is 19.3. The van der Waals surface area contributed by atoms with Gasteiger partial charge in [-0.05, 0) is 5.92 Å². The number of halogens is 2. The van der Waals surface area contributed by atoms with Gasteiger partial charge in [0.25, 0.3) is 0 Å². The highest BCUT2D eigenvalue weighted by Gasteiger charge is 2.52. The zero-order valence-electron chi connectivity index (χ0n) is 8.76. The molecule has 3 nitrogen and oxygen atoms in total. The third kappa shape index (κ3) is 1.70. The fourth-order valence-corrected chi connectivity index (χ4v) is 1.97. The smallest absolute Gasteiger partial charge is 0.248 e. The number of nitrogens with zero attached hydrogens (tertiary/aromatic N) is 1. The minimum absolute atomic E-state index is 0.0583. The first-order valence-corrected chi connectivity index (χ1v) is 4.92. The van der Waals surface area contributed by atoms with Crippen LogP contribution in [0.2, 0.25) is 0 Å². The molecule has 1 aromatic rings. The normalized spacial score (nSPS) is 21.3. The van der Waals surface area contributed by atoms with E-state index in [1.807, 2.05) is 13.8 Å². The molecule has 1 fully saturated rings. The van der Waals surface area contributed by atoms with Crippen LogP contribution in [-0.4, -0.2) is 11.1 Å². The molecule has 0 amide bonds. The van der Waals surface area contributed by atoms with Crippen LogP contribution >= 0.6 is 0 Å². The number of rotatable bonds is 2. The molecular weight excluding hydrogens is 202 g/mol. The summed E-state index contributed by atoms with van der Waals surface area (Å²) < 4.78 is 30.3. The lowest BCUT2D eigenvalue weighted by atomic mass is 9.64. The van der Waals surface area contributed by atoms with Crippen molar-refractivity contribution in [3.63, 3.8) is 0 Å². The van der Waals surface area contributed by atoms with Gasteiger partial charge >= 0.3 is 0 Å². The van der Waals surface area contributed by atoms with Crippen LogP contribution in [0, 0.1) is 5.92 Å². The molecule has 2 rings (SSSR count). The van der Waals surface area contributed by atoms with Gasteiger partial charge in [0.05, 0.1) is 5.69 Å². The second kappa shape index (κ2) is 2.93. The highest BCUT2D eigenvalue weighted by Crippen LogP contribution is 2.51. The van der Waals surface area contributed by atoms with Crippen molar-refractivity contribution < 1.29 is 13.3 Å². The molecule has 0 aromatic carbocycles. The van der Waals surface area contributed by atoms with Crippen molar-refractivity contribution in [3.05, 3.63) is 11.8 Å². The Bertz CT molecular complexity index is 365. The minimum Gasteiger partial charge on any atom is -0.368 e. The summed E-state index contributed by atoms with van der Waals surface area (Å²) in [6.45, 7) is 3.79. The Morgan fingerprint density at radius 3 is 2.53 bits per heavy atom. The van der Waals surface area contributed by atoms with E-state index in [1.54, 1.807) is 6.07 Å². The van der Waals surface area contributed by atoms with Crippen molar-refractivity contribution >= 4 is 5.88 Å². The lowest BCUT2D eigenvalue weighted by Gasteiger charge is -2.44. The predicted molar refractivity (Wildman–Crippen MR) is 51.6 cm³/mol. The lowest BCUT2D eigenvalue weighted by molar-refractivity contribution is -0.128. The Morgan fingerprint density at radius 2 is 2.13 bits per heavy atom. The summed E-state index contributed by atoms with van der Waals surface area (Å²) in [5.74, 6) is -2.34. The average molecular weight is 216 g/mol. The minimum atomic E-state index is -2.50. The van der Waals surface area contributed by atoms with Gasteiger partial charge < -0.3 is 10.3 Å². The van der Waals surface area contributed by atoms with Crippen molar-refractivity contribution in [3.8, 4) is 0 Å². The van der Waals surface area contributed by atoms with Gasteiger partial charge in [0.1, 0.15) is 0 Å². The molecule has 0 unspecified atom stereocenters. The van der Waals surface area contributed by atoms with Crippen molar-refractivity contribution in [2.75, 3.05) is 5.73 Å². The molecule has 1 heterocycles. The van der Waals surface area contributed by atoms with E-state index in [1.165, 1.54) is 0 Å². The largest absolute Gasteiger partial charge is 0.368 e. The summed E-state index contributed by atoms with van der Waals surface area (Å²) in [5.41, 5.74) is 5.66. The number of nitrogen functional groups attached to an aromatic ring is 1. The summed E-state index contributed by atoms with van der Waals surface area (Å²) in [4.78, 5) is 0. The first kappa shape index (κ1) is 10.4. The Morgan fingerprint density at radius 1 is 1.53 bits per heavy atom. The maximum absolute atomic E-state index is 12.8. The Balaban J connectivity index is 2.14. The molecule has 15 heavy (non-hydrogen) atoms. The van der Waals surface area contributed by atoms with Gasteiger partial charge in [-0.1, -0.05) is 19.0 Å². The summed E-state index contributed by atoms with van der Waals surface area (Å²) in [6, 6.07) is 1.61. The van der Waals surface area contributed by atoms with Crippen LogP contribution in [0.15, 0.2) is 10.6 Å². The van der Waals surface area contributed by atoms with Gasteiger partial charge in [0, 0.05) is 24.3 Å². The number of hydrogen-bond donors (Lipinski definition) is 1. The molecule has 1 saturated carbocycles. The van der Waals surface area contributed by atoms with Crippen LogP contribution in [0.1, 0.15) is 32.4 Å². The van der Waals surface area contributed by atoms with E-state index in [2.05, 4.69) is 5.16 Å². The molecular formula is C10H14F2N2O. The van der Waals surface area contributed by atoms with Crippen molar-refractivity contribution in [2.24, 2.45) is 5.92 Å². The lowest BCUT2D eigenvalue weighted by Crippen LogP contribution is -2.45. The van der Waals surface area contributed by atoms with E-state index >= 15 is 0 Å². The van der Waals surface area contributed by atoms with Crippen LogP contribution in [0.25, 0.3) is 0 Å². The Kier molecular flexibility index (Phi) is 2.03. The van der Waals surface area contributed by atoms with Crippen LogP contribution in [-0.2, 0) is 5.41 Å².